The van der Waals surface area contributed by atoms with Gasteiger partial charge in [0, 0.05) is 24.8 Å². The van der Waals surface area contributed by atoms with Gasteiger partial charge in [0.25, 0.3) is 5.91 Å². The maximum atomic E-state index is 12.5. The van der Waals surface area contributed by atoms with Gasteiger partial charge in [-0.2, -0.15) is 0 Å². The monoisotopic (exact) mass is 338 g/mol. The van der Waals surface area contributed by atoms with Gasteiger partial charge < -0.3 is 10.6 Å². The van der Waals surface area contributed by atoms with E-state index in [4.69, 9.17) is 5.73 Å². The summed E-state index contributed by atoms with van der Waals surface area (Å²) in [6.45, 7) is 3.32. The molecule has 1 aromatic carbocycles. The molecule has 1 saturated heterocycles. The Labute approximate surface area is 147 Å². The van der Waals surface area contributed by atoms with Crippen LogP contribution in [0.2, 0.25) is 0 Å². The molecule has 1 aliphatic heterocycles. The zero-order chi connectivity index (χ0) is 17.8. The van der Waals surface area contributed by atoms with Gasteiger partial charge >= 0.3 is 0 Å². The molecule has 0 unspecified atom stereocenters. The van der Waals surface area contributed by atoms with Crippen molar-refractivity contribution >= 4 is 11.8 Å². The Morgan fingerprint density at radius 3 is 2.36 bits per heavy atom. The molecular formula is C19H22N4O2. The molecule has 0 saturated carbocycles. The summed E-state index contributed by atoms with van der Waals surface area (Å²) in [7, 11) is 0. The first-order valence-electron chi connectivity index (χ1n) is 8.49. The zero-order valence-electron chi connectivity index (χ0n) is 14.3. The van der Waals surface area contributed by atoms with Gasteiger partial charge in [-0.3, -0.25) is 14.6 Å². The Morgan fingerprint density at radius 2 is 1.80 bits per heavy atom. The summed E-state index contributed by atoms with van der Waals surface area (Å²) >= 11 is 0. The number of rotatable bonds is 4. The Hall–Kier alpha value is -2.76. The largest absolute Gasteiger partial charge is 0.366 e. The lowest BCUT2D eigenvalue weighted by molar-refractivity contribution is 0.0684. The maximum absolute atomic E-state index is 12.5. The molecule has 1 aliphatic rings. The van der Waals surface area contributed by atoms with Crippen LogP contribution < -0.4 is 5.73 Å². The van der Waals surface area contributed by atoms with Crippen LogP contribution in [0, 0.1) is 12.8 Å². The summed E-state index contributed by atoms with van der Waals surface area (Å²) in [6.07, 6.45) is 6.04. The van der Waals surface area contributed by atoms with Gasteiger partial charge in [-0.25, -0.2) is 4.98 Å². The van der Waals surface area contributed by atoms with E-state index in [1.165, 1.54) is 5.56 Å². The lowest BCUT2D eigenvalue weighted by atomic mass is 9.90. The van der Waals surface area contributed by atoms with Crippen molar-refractivity contribution in [2.24, 2.45) is 11.7 Å². The first kappa shape index (κ1) is 17.1. The van der Waals surface area contributed by atoms with Crippen molar-refractivity contribution in [3.05, 3.63) is 59.2 Å². The predicted molar refractivity (Wildman–Crippen MR) is 94.1 cm³/mol. The van der Waals surface area contributed by atoms with Crippen LogP contribution >= 0.6 is 0 Å². The van der Waals surface area contributed by atoms with Gasteiger partial charge in [-0.05, 0) is 49.8 Å². The minimum atomic E-state index is -0.405. The number of hydrogen-bond acceptors (Lipinski definition) is 4. The number of nitrogens with two attached hydrogens (primary N) is 1. The molecule has 0 bridgehead atoms. The molecule has 0 atom stereocenters. The van der Waals surface area contributed by atoms with E-state index in [1.54, 1.807) is 24.5 Å². The Bertz CT molecular complexity index is 748. The lowest BCUT2D eigenvalue weighted by Crippen LogP contribution is -2.39. The highest BCUT2D eigenvalue weighted by Gasteiger charge is 2.24. The molecule has 1 aromatic heterocycles. The highest BCUT2D eigenvalue weighted by molar-refractivity contribution is 5.92. The van der Waals surface area contributed by atoms with Gasteiger partial charge in [0.1, 0.15) is 5.69 Å². The molecule has 25 heavy (non-hydrogen) atoms. The number of nitrogens with zero attached hydrogens (tertiary/aromatic N) is 3. The van der Waals surface area contributed by atoms with Crippen LogP contribution in [0.1, 0.15) is 44.9 Å². The fourth-order valence-electron chi connectivity index (χ4n) is 3.14. The Balaban J connectivity index is 1.53. The molecule has 2 aromatic rings. The highest BCUT2D eigenvalue weighted by atomic mass is 16.2. The van der Waals surface area contributed by atoms with Crippen LogP contribution in [0.5, 0.6) is 0 Å². The number of piperidine rings is 1. The average molecular weight is 338 g/mol. The van der Waals surface area contributed by atoms with Crippen LogP contribution in [-0.2, 0) is 6.42 Å². The summed E-state index contributed by atoms with van der Waals surface area (Å²) < 4.78 is 0. The third-order valence-electron chi connectivity index (χ3n) is 4.66. The highest BCUT2D eigenvalue weighted by Crippen LogP contribution is 2.22. The van der Waals surface area contributed by atoms with E-state index >= 15 is 0 Å². The molecule has 0 aliphatic carbocycles. The molecule has 6 nitrogen and oxygen atoms in total. The number of aromatic nitrogens is 2. The van der Waals surface area contributed by atoms with Crippen LogP contribution in [-0.4, -0.2) is 39.8 Å². The fraction of sp³-hybridized carbons (Fsp3) is 0.368. The number of aryl methyl sites for hydroxylation is 1. The van der Waals surface area contributed by atoms with E-state index in [-0.39, 0.29) is 5.91 Å². The molecule has 3 rings (SSSR count). The molecule has 130 valence electrons. The summed E-state index contributed by atoms with van der Waals surface area (Å²) in [4.78, 5) is 33.7. The second kappa shape index (κ2) is 7.42. The van der Waals surface area contributed by atoms with E-state index in [2.05, 4.69) is 9.97 Å². The molecule has 6 heteroatoms. The van der Waals surface area contributed by atoms with E-state index < -0.39 is 5.91 Å². The van der Waals surface area contributed by atoms with Gasteiger partial charge in [-0.1, -0.05) is 12.1 Å². The number of carbonyl (C=O) groups excluding carboxylic acids is 2. The van der Waals surface area contributed by atoms with Crippen molar-refractivity contribution < 1.29 is 9.59 Å². The molecule has 2 heterocycles. The summed E-state index contributed by atoms with van der Waals surface area (Å²) in [5.74, 6) is 0.0851. The third-order valence-corrected chi connectivity index (χ3v) is 4.66. The van der Waals surface area contributed by atoms with E-state index in [9.17, 15) is 9.59 Å². The number of amides is 2. The van der Waals surface area contributed by atoms with Crippen molar-refractivity contribution in [2.45, 2.75) is 26.2 Å². The smallest absolute Gasteiger partial charge is 0.274 e. The fourth-order valence-corrected chi connectivity index (χ4v) is 3.14. The van der Waals surface area contributed by atoms with E-state index in [0.29, 0.717) is 17.2 Å². The van der Waals surface area contributed by atoms with Crippen LogP contribution in [0.15, 0.2) is 36.7 Å². The first-order chi connectivity index (χ1) is 12.0. The molecule has 0 spiro atoms. The minimum Gasteiger partial charge on any atom is -0.366 e. The summed E-state index contributed by atoms with van der Waals surface area (Å²) in [6, 6.07) is 7.46. The number of likely N-dealkylation sites (tertiary alicyclic amines) is 1. The molecular weight excluding hydrogens is 316 g/mol. The molecule has 2 amide bonds. The lowest BCUT2D eigenvalue weighted by Gasteiger charge is -2.31. The van der Waals surface area contributed by atoms with Crippen LogP contribution in [0.25, 0.3) is 0 Å². The van der Waals surface area contributed by atoms with Crippen molar-refractivity contribution in [2.75, 3.05) is 13.1 Å². The molecule has 1 fully saturated rings. The van der Waals surface area contributed by atoms with Gasteiger partial charge in [0.05, 0.1) is 11.9 Å². The van der Waals surface area contributed by atoms with Crippen LogP contribution in [0.4, 0.5) is 0 Å². The normalized spacial score (nSPS) is 15.2. The molecule has 2 N–H and O–H groups in total. The number of benzene rings is 1. The van der Waals surface area contributed by atoms with Crippen molar-refractivity contribution in [1.29, 1.82) is 0 Å². The first-order valence-corrected chi connectivity index (χ1v) is 8.49. The summed E-state index contributed by atoms with van der Waals surface area (Å²) in [5, 5.41) is 0. The predicted octanol–water partition coefficient (Wildman–Crippen LogP) is 1.98. The standard InChI is InChI=1S/C19H22N4O2/c1-13-11-22-17(12-21-13)19(25)23-8-6-15(7-9-23)10-14-2-4-16(5-3-14)18(20)24/h2-5,11-12,15H,6-10H2,1H3,(H2,20,24). The van der Waals surface area contributed by atoms with Gasteiger partial charge in [0.15, 0.2) is 0 Å². The second-order valence-electron chi connectivity index (χ2n) is 6.54. The number of carbonyl (C=O) groups is 2. The van der Waals surface area contributed by atoms with Gasteiger partial charge in [-0.15, -0.1) is 0 Å². The quantitative estimate of drug-likeness (QED) is 0.923. The third kappa shape index (κ3) is 4.21. The average Bonchev–Trinajstić information content (AvgIpc) is 2.63. The topological polar surface area (TPSA) is 89.2 Å². The molecule has 0 radical (unpaired) electrons. The Kier molecular flexibility index (Phi) is 5.07. The zero-order valence-corrected chi connectivity index (χ0v) is 14.3. The van der Waals surface area contributed by atoms with Crippen molar-refractivity contribution in [3.8, 4) is 0 Å². The van der Waals surface area contributed by atoms with Crippen molar-refractivity contribution in [3.63, 3.8) is 0 Å². The summed E-state index contributed by atoms with van der Waals surface area (Å²) in [5.41, 5.74) is 8.20. The number of primary amides is 1. The maximum Gasteiger partial charge on any atom is 0.274 e. The number of hydrogen-bond donors (Lipinski definition) is 1. The SMILES string of the molecule is Cc1cnc(C(=O)N2CCC(Cc3ccc(C(N)=O)cc3)CC2)cn1. The van der Waals surface area contributed by atoms with E-state index in [0.717, 1.165) is 38.0 Å². The Morgan fingerprint density at radius 1 is 1.12 bits per heavy atom. The van der Waals surface area contributed by atoms with Gasteiger partial charge in [0.2, 0.25) is 5.91 Å². The van der Waals surface area contributed by atoms with Crippen LogP contribution in [0.3, 0.4) is 0 Å². The van der Waals surface area contributed by atoms with E-state index in [1.807, 2.05) is 24.0 Å². The second-order valence-corrected chi connectivity index (χ2v) is 6.54. The minimum absolute atomic E-state index is 0.0447. The van der Waals surface area contributed by atoms with Crippen molar-refractivity contribution in [1.82, 2.24) is 14.9 Å².